The number of hydrogen-bond donors (Lipinski definition) is 2. The van der Waals surface area contributed by atoms with Gasteiger partial charge in [0.2, 0.25) is 5.91 Å². The van der Waals surface area contributed by atoms with Crippen LogP contribution in [0.25, 0.3) is 0 Å². The van der Waals surface area contributed by atoms with Gasteiger partial charge in [-0.3, -0.25) is 4.79 Å². The number of benzene rings is 1. The minimum atomic E-state index is -0.762. The molecule has 0 aliphatic heterocycles. The van der Waals surface area contributed by atoms with E-state index in [1.54, 1.807) is 0 Å². The van der Waals surface area contributed by atoms with Gasteiger partial charge in [0, 0.05) is 12.5 Å². The summed E-state index contributed by atoms with van der Waals surface area (Å²) in [5.74, 6) is 0.441. The van der Waals surface area contributed by atoms with Crippen molar-refractivity contribution in [1.82, 2.24) is 5.32 Å². The Balaban J connectivity index is 2.66. The van der Waals surface area contributed by atoms with E-state index in [1.165, 1.54) is 0 Å². The largest absolute Gasteiger partial charge is 0.491 e. The van der Waals surface area contributed by atoms with Crippen molar-refractivity contribution in [2.75, 3.05) is 0 Å². The molecule has 0 aliphatic rings. The Labute approximate surface area is 115 Å². The first-order chi connectivity index (χ1) is 8.83. The summed E-state index contributed by atoms with van der Waals surface area (Å²) in [6.07, 6.45) is 0.418. The number of nitrogens with one attached hydrogen (secondary N) is 1. The highest BCUT2D eigenvalue weighted by Crippen LogP contribution is 2.18. The average Bonchev–Trinajstić information content (AvgIpc) is 2.28. The molecule has 1 aromatic rings. The van der Waals surface area contributed by atoms with Gasteiger partial charge in [0.1, 0.15) is 5.75 Å². The summed E-state index contributed by atoms with van der Waals surface area (Å²) in [7, 11) is 0. The lowest BCUT2D eigenvalue weighted by Crippen LogP contribution is -2.57. The molecule has 0 aromatic heterocycles. The molecule has 0 bridgehead atoms. The van der Waals surface area contributed by atoms with Crippen molar-refractivity contribution >= 4 is 5.91 Å². The van der Waals surface area contributed by atoms with Gasteiger partial charge in [-0.2, -0.15) is 0 Å². The van der Waals surface area contributed by atoms with E-state index in [0.29, 0.717) is 6.42 Å². The fourth-order valence-corrected chi connectivity index (χ4v) is 2.22. The van der Waals surface area contributed by atoms with Crippen LogP contribution in [-0.2, 0) is 4.79 Å². The zero-order valence-corrected chi connectivity index (χ0v) is 12.1. The minimum absolute atomic E-state index is 0.105. The molecule has 0 fully saturated rings. The van der Waals surface area contributed by atoms with Crippen LogP contribution >= 0.6 is 0 Å². The number of hydrogen-bond acceptors (Lipinski definition) is 3. The predicted molar refractivity (Wildman–Crippen MR) is 77.0 cm³/mol. The van der Waals surface area contributed by atoms with Crippen LogP contribution < -0.4 is 15.8 Å². The number of nitrogens with two attached hydrogens (primary N) is 1. The number of carbonyl (C=O) groups excluding carboxylic acids is 1. The van der Waals surface area contributed by atoms with Gasteiger partial charge < -0.3 is 15.8 Å². The Morgan fingerprint density at radius 3 is 2.37 bits per heavy atom. The van der Waals surface area contributed by atoms with Gasteiger partial charge in [-0.25, -0.2) is 0 Å². The molecule has 3 N–H and O–H groups in total. The second-order valence-electron chi connectivity index (χ2n) is 5.44. The van der Waals surface area contributed by atoms with Gasteiger partial charge in [0.25, 0.3) is 0 Å². The highest BCUT2D eigenvalue weighted by atomic mass is 16.5. The second-order valence-corrected chi connectivity index (χ2v) is 5.44. The zero-order valence-electron chi connectivity index (χ0n) is 12.1. The molecule has 0 radical (unpaired) electrons. The molecular weight excluding hydrogens is 240 g/mol. The number of rotatable bonds is 7. The smallest absolute Gasteiger partial charge is 0.237 e. The van der Waals surface area contributed by atoms with E-state index >= 15 is 0 Å². The molecule has 0 heterocycles. The van der Waals surface area contributed by atoms with Crippen molar-refractivity contribution in [1.29, 1.82) is 0 Å². The first kappa shape index (κ1) is 15.5. The van der Waals surface area contributed by atoms with Crippen molar-refractivity contribution < 1.29 is 9.53 Å². The van der Waals surface area contributed by atoms with Crippen LogP contribution in [0.4, 0.5) is 0 Å². The molecule has 4 nitrogen and oxygen atoms in total. The van der Waals surface area contributed by atoms with Gasteiger partial charge in [-0.05, 0) is 39.8 Å². The SMILES string of the molecule is CC(C)NC(C)(CC(C)Oc1ccccc1)C(N)=O. The number of para-hydroxylation sites is 1. The summed E-state index contributed by atoms with van der Waals surface area (Å²) in [5.41, 5.74) is 4.74. The molecular formula is C15H24N2O2. The van der Waals surface area contributed by atoms with E-state index in [-0.39, 0.29) is 18.1 Å². The zero-order chi connectivity index (χ0) is 14.5. The Morgan fingerprint density at radius 2 is 1.89 bits per heavy atom. The summed E-state index contributed by atoms with van der Waals surface area (Å²) in [5, 5.41) is 3.22. The third kappa shape index (κ3) is 4.91. The third-order valence-electron chi connectivity index (χ3n) is 2.93. The van der Waals surface area contributed by atoms with E-state index in [1.807, 2.05) is 58.0 Å². The maximum Gasteiger partial charge on any atom is 0.237 e. The number of carbonyl (C=O) groups is 1. The van der Waals surface area contributed by atoms with E-state index in [2.05, 4.69) is 5.32 Å². The van der Waals surface area contributed by atoms with Gasteiger partial charge in [0.05, 0.1) is 11.6 Å². The first-order valence-electron chi connectivity index (χ1n) is 6.63. The van der Waals surface area contributed by atoms with Crippen molar-refractivity contribution in [3.63, 3.8) is 0 Å². The highest BCUT2D eigenvalue weighted by molar-refractivity contribution is 5.84. The van der Waals surface area contributed by atoms with Crippen molar-refractivity contribution in [3.05, 3.63) is 30.3 Å². The lowest BCUT2D eigenvalue weighted by molar-refractivity contribution is -0.125. The topological polar surface area (TPSA) is 64.3 Å². The fraction of sp³-hybridized carbons (Fsp3) is 0.533. The molecule has 1 aromatic carbocycles. The van der Waals surface area contributed by atoms with Crippen LogP contribution in [0.15, 0.2) is 30.3 Å². The van der Waals surface area contributed by atoms with E-state index < -0.39 is 5.54 Å². The molecule has 2 atom stereocenters. The van der Waals surface area contributed by atoms with Crippen molar-refractivity contribution in [2.24, 2.45) is 5.73 Å². The third-order valence-corrected chi connectivity index (χ3v) is 2.93. The quantitative estimate of drug-likeness (QED) is 0.792. The number of ether oxygens (including phenoxy) is 1. The van der Waals surface area contributed by atoms with E-state index in [4.69, 9.17) is 10.5 Å². The normalized spacial score (nSPS) is 15.8. The van der Waals surface area contributed by atoms with Crippen LogP contribution in [0.1, 0.15) is 34.1 Å². The van der Waals surface area contributed by atoms with Gasteiger partial charge in [-0.15, -0.1) is 0 Å². The minimum Gasteiger partial charge on any atom is -0.491 e. The van der Waals surface area contributed by atoms with Crippen LogP contribution in [0.2, 0.25) is 0 Å². The first-order valence-corrected chi connectivity index (χ1v) is 6.63. The summed E-state index contributed by atoms with van der Waals surface area (Å²) in [4.78, 5) is 11.6. The standard InChI is InChI=1S/C15H24N2O2/c1-11(2)17-15(4,14(16)18)10-12(3)19-13-8-6-5-7-9-13/h5-9,11-12,17H,10H2,1-4H3,(H2,16,18). The summed E-state index contributed by atoms with van der Waals surface area (Å²) in [6.45, 7) is 7.74. The van der Waals surface area contributed by atoms with Crippen molar-refractivity contribution in [2.45, 2.75) is 51.8 Å². The lowest BCUT2D eigenvalue weighted by atomic mass is 9.93. The average molecular weight is 264 g/mol. The van der Waals surface area contributed by atoms with Crippen LogP contribution in [0.5, 0.6) is 5.75 Å². The van der Waals surface area contributed by atoms with Gasteiger partial charge >= 0.3 is 0 Å². The maximum absolute atomic E-state index is 11.6. The monoisotopic (exact) mass is 264 g/mol. The Bertz CT molecular complexity index is 406. The number of amides is 1. The fourth-order valence-electron chi connectivity index (χ4n) is 2.22. The molecule has 19 heavy (non-hydrogen) atoms. The molecule has 1 amide bonds. The molecule has 1 rings (SSSR count). The number of primary amides is 1. The van der Waals surface area contributed by atoms with Crippen molar-refractivity contribution in [3.8, 4) is 5.75 Å². The van der Waals surface area contributed by atoms with E-state index in [0.717, 1.165) is 5.75 Å². The maximum atomic E-state index is 11.6. The van der Waals surface area contributed by atoms with Crippen LogP contribution in [0.3, 0.4) is 0 Å². The lowest BCUT2D eigenvalue weighted by Gasteiger charge is -2.32. The molecule has 0 aliphatic carbocycles. The van der Waals surface area contributed by atoms with E-state index in [9.17, 15) is 4.79 Å². The molecule has 0 saturated heterocycles. The Kier molecular flexibility index (Phi) is 5.36. The molecule has 2 unspecified atom stereocenters. The molecule has 0 saturated carbocycles. The summed E-state index contributed by atoms with van der Waals surface area (Å²) < 4.78 is 5.79. The second kappa shape index (κ2) is 6.57. The Morgan fingerprint density at radius 1 is 1.32 bits per heavy atom. The van der Waals surface area contributed by atoms with Gasteiger partial charge in [-0.1, -0.05) is 18.2 Å². The molecule has 0 spiro atoms. The summed E-state index contributed by atoms with van der Waals surface area (Å²) in [6, 6.07) is 9.75. The highest BCUT2D eigenvalue weighted by Gasteiger charge is 2.33. The Hall–Kier alpha value is -1.55. The molecule has 4 heteroatoms. The van der Waals surface area contributed by atoms with Gasteiger partial charge in [0.15, 0.2) is 0 Å². The van der Waals surface area contributed by atoms with Crippen LogP contribution in [-0.4, -0.2) is 23.6 Å². The van der Waals surface area contributed by atoms with Crippen LogP contribution in [0, 0.1) is 0 Å². The molecule has 106 valence electrons. The summed E-state index contributed by atoms with van der Waals surface area (Å²) >= 11 is 0. The predicted octanol–water partition coefficient (Wildman–Crippen LogP) is 2.09.